The maximum absolute atomic E-state index is 5.87. The normalized spacial score (nSPS) is 11.1. The van der Waals surface area contributed by atoms with Gasteiger partial charge in [-0.2, -0.15) is 5.10 Å². The van der Waals surface area contributed by atoms with Gasteiger partial charge in [-0.15, -0.1) is 0 Å². The van der Waals surface area contributed by atoms with Crippen LogP contribution < -0.4 is 0 Å². The Bertz CT molecular complexity index is 471. The summed E-state index contributed by atoms with van der Waals surface area (Å²) in [6.07, 6.45) is 5.15. The Labute approximate surface area is 107 Å². The Hall–Kier alpha value is -1.28. The number of aryl methyl sites for hydroxylation is 1. The van der Waals surface area contributed by atoms with Crippen LogP contribution in [0.25, 0.3) is 11.1 Å². The third-order valence-electron chi connectivity index (χ3n) is 2.75. The third-order valence-corrected chi connectivity index (χ3v) is 3.00. The molecule has 0 atom stereocenters. The van der Waals surface area contributed by atoms with Crippen molar-refractivity contribution >= 4 is 11.6 Å². The number of nitrogens with zero attached hydrogens (tertiary/aromatic N) is 2. The first kappa shape index (κ1) is 12.2. The highest BCUT2D eigenvalue weighted by Gasteiger charge is 2.02. The molecule has 0 aliphatic rings. The second kappa shape index (κ2) is 5.37. The molecule has 0 fully saturated rings. The van der Waals surface area contributed by atoms with Crippen LogP contribution in [-0.4, -0.2) is 9.78 Å². The monoisotopic (exact) mass is 248 g/mol. The van der Waals surface area contributed by atoms with Crippen molar-refractivity contribution in [2.75, 3.05) is 0 Å². The van der Waals surface area contributed by atoms with Crippen molar-refractivity contribution in [1.29, 1.82) is 0 Å². The first-order valence-electron chi connectivity index (χ1n) is 5.93. The van der Waals surface area contributed by atoms with Gasteiger partial charge >= 0.3 is 0 Å². The van der Waals surface area contributed by atoms with E-state index in [0.29, 0.717) is 5.92 Å². The molecule has 0 saturated carbocycles. The Balaban J connectivity index is 2.10. The van der Waals surface area contributed by atoms with Crippen molar-refractivity contribution in [3.8, 4) is 11.1 Å². The predicted octanol–water partition coefficient (Wildman–Crippen LogP) is 4.25. The van der Waals surface area contributed by atoms with Gasteiger partial charge in [0.25, 0.3) is 0 Å². The summed E-state index contributed by atoms with van der Waals surface area (Å²) < 4.78 is 2.00. The summed E-state index contributed by atoms with van der Waals surface area (Å²) in [5, 5.41) is 5.14. The van der Waals surface area contributed by atoms with Crippen LogP contribution in [0.4, 0.5) is 0 Å². The van der Waals surface area contributed by atoms with Gasteiger partial charge in [0, 0.05) is 23.3 Å². The lowest BCUT2D eigenvalue weighted by atomic mass is 10.1. The zero-order chi connectivity index (χ0) is 12.3. The second-order valence-corrected chi connectivity index (χ2v) is 5.12. The molecule has 0 aliphatic heterocycles. The van der Waals surface area contributed by atoms with E-state index in [1.54, 1.807) is 0 Å². The van der Waals surface area contributed by atoms with Crippen molar-refractivity contribution in [3.63, 3.8) is 0 Å². The molecule has 0 amide bonds. The minimum absolute atomic E-state index is 0.707. The van der Waals surface area contributed by atoms with Crippen LogP contribution in [0.5, 0.6) is 0 Å². The third kappa shape index (κ3) is 3.34. The molecule has 1 aromatic heterocycles. The average molecular weight is 249 g/mol. The number of benzene rings is 1. The fraction of sp³-hybridized carbons (Fsp3) is 0.357. The van der Waals surface area contributed by atoms with Crippen LogP contribution in [0.1, 0.15) is 20.3 Å². The molecule has 0 spiro atoms. The highest BCUT2D eigenvalue weighted by Crippen LogP contribution is 2.20. The molecule has 0 N–H and O–H groups in total. The minimum atomic E-state index is 0.707. The number of aromatic nitrogens is 2. The molecular weight excluding hydrogens is 232 g/mol. The van der Waals surface area contributed by atoms with Crippen molar-refractivity contribution in [2.24, 2.45) is 5.92 Å². The lowest BCUT2D eigenvalue weighted by molar-refractivity contribution is 0.487. The zero-order valence-corrected chi connectivity index (χ0v) is 11.0. The maximum Gasteiger partial charge on any atom is 0.0568 e. The first-order valence-corrected chi connectivity index (χ1v) is 6.31. The Morgan fingerprint density at radius 3 is 2.53 bits per heavy atom. The van der Waals surface area contributed by atoms with Crippen LogP contribution in [0.2, 0.25) is 5.02 Å². The smallest absolute Gasteiger partial charge is 0.0568 e. The number of hydrogen-bond donors (Lipinski definition) is 0. The van der Waals surface area contributed by atoms with E-state index in [0.717, 1.165) is 29.1 Å². The van der Waals surface area contributed by atoms with Gasteiger partial charge in [-0.1, -0.05) is 37.6 Å². The van der Waals surface area contributed by atoms with E-state index in [-0.39, 0.29) is 0 Å². The number of halogens is 1. The van der Waals surface area contributed by atoms with Gasteiger partial charge in [0.1, 0.15) is 0 Å². The molecule has 1 heterocycles. The maximum atomic E-state index is 5.87. The van der Waals surface area contributed by atoms with Crippen LogP contribution in [0, 0.1) is 5.92 Å². The molecule has 2 rings (SSSR count). The molecule has 0 bridgehead atoms. The second-order valence-electron chi connectivity index (χ2n) is 4.68. The molecule has 1 aromatic carbocycles. The SMILES string of the molecule is CC(C)CCn1cc(-c2ccc(Cl)cc2)cn1. The Morgan fingerprint density at radius 2 is 1.88 bits per heavy atom. The summed E-state index contributed by atoms with van der Waals surface area (Å²) >= 11 is 5.87. The van der Waals surface area contributed by atoms with Gasteiger partial charge in [0.2, 0.25) is 0 Å². The van der Waals surface area contributed by atoms with Gasteiger partial charge in [-0.05, 0) is 30.0 Å². The van der Waals surface area contributed by atoms with E-state index in [2.05, 4.69) is 25.1 Å². The fourth-order valence-corrected chi connectivity index (χ4v) is 1.79. The molecule has 17 heavy (non-hydrogen) atoms. The van der Waals surface area contributed by atoms with Crippen molar-refractivity contribution < 1.29 is 0 Å². The van der Waals surface area contributed by atoms with Gasteiger partial charge in [-0.3, -0.25) is 4.68 Å². The summed E-state index contributed by atoms with van der Waals surface area (Å²) in [4.78, 5) is 0. The minimum Gasteiger partial charge on any atom is -0.272 e. The molecule has 2 nitrogen and oxygen atoms in total. The van der Waals surface area contributed by atoms with E-state index >= 15 is 0 Å². The van der Waals surface area contributed by atoms with Crippen LogP contribution >= 0.6 is 11.6 Å². The molecule has 0 aliphatic carbocycles. The van der Waals surface area contributed by atoms with Crippen LogP contribution in [0.3, 0.4) is 0 Å². The molecule has 2 aromatic rings. The number of rotatable bonds is 4. The fourth-order valence-electron chi connectivity index (χ4n) is 1.67. The topological polar surface area (TPSA) is 17.8 Å². The summed E-state index contributed by atoms with van der Waals surface area (Å²) in [6, 6.07) is 7.85. The highest BCUT2D eigenvalue weighted by atomic mass is 35.5. The molecular formula is C14H17ClN2. The van der Waals surface area contributed by atoms with Crippen molar-refractivity contribution in [2.45, 2.75) is 26.8 Å². The Kier molecular flexibility index (Phi) is 3.85. The summed E-state index contributed by atoms with van der Waals surface area (Å²) in [5.41, 5.74) is 2.30. The van der Waals surface area contributed by atoms with E-state index in [9.17, 15) is 0 Å². The van der Waals surface area contributed by atoms with E-state index < -0.39 is 0 Å². The molecule has 3 heteroatoms. The summed E-state index contributed by atoms with van der Waals surface area (Å²) in [5.74, 6) is 0.707. The molecule has 0 radical (unpaired) electrons. The van der Waals surface area contributed by atoms with Gasteiger partial charge < -0.3 is 0 Å². The first-order chi connectivity index (χ1) is 8.15. The molecule has 0 saturated heterocycles. The Morgan fingerprint density at radius 1 is 1.18 bits per heavy atom. The average Bonchev–Trinajstić information content (AvgIpc) is 2.76. The van der Waals surface area contributed by atoms with E-state index in [1.807, 2.05) is 35.1 Å². The van der Waals surface area contributed by atoms with Crippen LogP contribution in [-0.2, 0) is 6.54 Å². The summed E-state index contributed by atoms with van der Waals surface area (Å²) in [6.45, 7) is 5.43. The van der Waals surface area contributed by atoms with E-state index in [1.165, 1.54) is 0 Å². The predicted molar refractivity (Wildman–Crippen MR) is 72.1 cm³/mol. The standard InChI is InChI=1S/C14H17ClN2/c1-11(2)7-8-17-10-13(9-16-17)12-3-5-14(15)6-4-12/h3-6,9-11H,7-8H2,1-2H3. The largest absolute Gasteiger partial charge is 0.272 e. The summed E-state index contributed by atoms with van der Waals surface area (Å²) in [7, 11) is 0. The molecule has 0 unspecified atom stereocenters. The van der Waals surface area contributed by atoms with Gasteiger partial charge in [0.05, 0.1) is 6.20 Å². The molecule has 90 valence electrons. The number of hydrogen-bond acceptors (Lipinski definition) is 1. The van der Waals surface area contributed by atoms with Gasteiger partial charge in [-0.25, -0.2) is 0 Å². The lowest BCUT2D eigenvalue weighted by Gasteiger charge is -2.03. The van der Waals surface area contributed by atoms with Crippen molar-refractivity contribution in [1.82, 2.24) is 9.78 Å². The van der Waals surface area contributed by atoms with Crippen LogP contribution in [0.15, 0.2) is 36.7 Å². The highest BCUT2D eigenvalue weighted by molar-refractivity contribution is 6.30. The van der Waals surface area contributed by atoms with Crippen molar-refractivity contribution in [3.05, 3.63) is 41.7 Å². The zero-order valence-electron chi connectivity index (χ0n) is 10.2. The van der Waals surface area contributed by atoms with Gasteiger partial charge in [0.15, 0.2) is 0 Å². The lowest BCUT2D eigenvalue weighted by Crippen LogP contribution is -2.01. The van der Waals surface area contributed by atoms with E-state index in [4.69, 9.17) is 11.6 Å². The quantitative estimate of drug-likeness (QED) is 0.791.